The van der Waals surface area contributed by atoms with Gasteiger partial charge in [-0.05, 0) is 46.2 Å². The fraction of sp³-hybridized carbons (Fsp3) is 0.917. The zero-order valence-corrected chi connectivity index (χ0v) is 10.3. The Morgan fingerprint density at radius 3 is 2.69 bits per heavy atom. The summed E-state index contributed by atoms with van der Waals surface area (Å²) in [7, 11) is 2.11. The van der Waals surface area contributed by atoms with Gasteiger partial charge in [-0.3, -0.25) is 4.79 Å². The Kier molecular flexibility index (Phi) is 3.50. The van der Waals surface area contributed by atoms with Gasteiger partial charge < -0.3 is 15.0 Å². The second-order valence-corrected chi connectivity index (χ2v) is 5.27. The quantitative estimate of drug-likeness (QED) is 0.706. The molecule has 4 nitrogen and oxygen atoms in total. The van der Waals surface area contributed by atoms with Crippen molar-refractivity contribution >= 4 is 5.97 Å². The van der Waals surface area contributed by atoms with E-state index in [0.29, 0.717) is 0 Å². The van der Waals surface area contributed by atoms with Crippen molar-refractivity contribution in [2.24, 2.45) is 0 Å². The monoisotopic (exact) mass is 226 g/mol. The number of carbonyl (C=O) groups excluding carboxylic acids is 1. The molecule has 0 aromatic carbocycles. The number of piperidine rings is 1. The van der Waals surface area contributed by atoms with Gasteiger partial charge in [-0.25, -0.2) is 0 Å². The van der Waals surface area contributed by atoms with E-state index in [2.05, 4.69) is 17.3 Å². The van der Waals surface area contributed by atoms with E-state index in [4.69, 9.17) is 4.74 Å². The van der Waals surface area contributed by atoms with Crippen LogP contribution in [0.3, 0.4) is 0 Å². The topological polar surface area (TPSA) is 41.6 Å². The average Bonchev–Trinajstić information content (AvgIpc) is 2.70. The minimum atomic E-state index is -0.427. The number of nitrogens with one attached hydrogen (secondary N) is 1. The predicted molar refractivity (Wildman–Crippen MR) is 62.3 cm³/mol. The van der Waals surface area contributed by atoms with Crippen LogP contribution in [0, 0.1) is 0 Å². The maximum Gasteiger partial charge on any atom is 0.326 e. The van der Waals surface area contributed by atoms with Crippen molar-refractivity contribution in [1.82, 2.24) is 10.2 Å². The zero-order chi connectivity index (χ0) is 11.6. The van der Waals surface area contributed by atoms with Crippen LogP contribution >= 0.6 is 0 Å². The van der Waals surface area contributed by atoms with Crippen LogP contribution in [0.1, 0.15) is 32.6 Å². The number of likely N-dealkylation sites (tertiary alicyclic amines) is 1. The van der Waals surface area contributed by atoms with Crippen LogP contribution in [0.15, 0.2) is 0 Å². The molecule has 2 saturated heterocycles. The molecule has 1 atom stereocenters. The second-order valence-electron chi connectivity index (χ2n) is 5.27. The van der Waals surface area contributed by atoms with Gasteiger partial charge in [0.15, 0.2) is 0 Å². The van der Waals surface area contributed by atoms with Crippen LogP contribution in [0.4, 0.5) is 0 Å². The molecule has 0 aromatic rings. The number of rotatable bonds is 2. The highest BCUT2D eigenvalue weighted by Crippen LogP contribution is 2.22. The standard InChI is InChI=1S/C12H22N2O2/c1-12(6-3-7-13-12)11(15)16-10-4-8-14(2)9-5-10/h10,13H,3-9H2,1-2H3. The van der Waals surface area contributed by atoms with Crippen LogP contribution in [-0.2, 0) is 9.53 Å². The molecule has 0 aliphatic carbocycles. The third kappa shape index (κ3) is 2.55. The summed E-state index contributed by atoms with van der Waals surface area (Å²) < 4.78 is 5.60. The van der Waals surface area contributed by atoms with Crippen molar-refractivity contribution in [3.8, 4) is 0 Å². The lowest BCUT2D eigenvalue weighted by Gasteiger charge is -2.31. The van der Waals surface area contributed by atoms with E-state index in [-0.39, 0.29) is 12.1 Å². The molecule has 2 aliphatic heterocycles. The lowest BCUT2D eigenvalue weighted by atomic mass is 10.0. The van der Waals surface area contributed by atoms with Gasteiger partial charge >= 0.3 is 5.97 Å². The molecule has 2 aliphatic rings. The fourth-order valence-electron chi connectivity index (χ4n) is 2.45. The largest absolute Gasteiger partial charge is 0.461 e. The van der Waals surface area contributed by atoms with Gasteiger partial charge in [-0.1, -0.05) is 0 Å². The molecule has 2 rings (SSSR count). The van der Waals surface area contributed by atoms with Crippen molar-refractivity contribution in [2.45, 2.75) is 44.2 Å². The number of esters is 1. The maximum atomic E-state index is 12.0. The SMILES string of the molecule is CN1CCC(OC(=O)C2(C)CCCN2)CC1. The fourth-order valence-corrected chi connectivity index (χ4v) is 2.45. The van der Waals surface area contributed by atoms with Crippen molar-refractivity contribution in [3.05, 3.63) is 0 Å². The summed E-state index contributed by atoms with van der Waals surface area (Å²) >= 11 is 0. The summed E-state index contributed by atoms with van der Waals surface area (Å²) in [5.74, 6) is -0.0560. The summed E-state index contributed by atoms with van der Waals surface area (Å²) in [5.41, 5.74) is -0.427. The summed E-state index contributed by atoms with van der Waals surface area (Å²) in [6, 6.07) is 0. The van der Waals surface area contributed by atoms with Gasteiger partial charge in [-0.2, -0.15) is 0 Å². The molecule has 92 valence electrons. The van der Waals surface area contributed by atoms with Gasteiger partial charge in [0.1, 0.15) is 11.6 Å². The molecular weight excluding hydrogens is 204 g/mol. The van der Waals surface area contributed by atoms with E-state index in [0.717, 1.165) is 45.3 Å². The van der Waals surface area contributed by atoms with Crippen molar-refractivity contribution in [1.29, 1.82) is 0 Å². The minimum Gasteiger partial charge on any atom is -0.461 e. The average molecular weight is 226 g/mol. The summed E-state index contributed by atoms with van der Waals surface area (Å²) in [6.45, 7) is 4.94. The number of ether oxygens (including phenoxy) is 1. The molecule has 0 spiro atoms. The molecular formula is C12H22N2O2. The number of carbonyl (C=O) groups is 1. The Morgan fingerprint density at radius 1 is 1.44 bits per heavy atom. The minimum absolute atomic E-state index is 0.0560. The maximum absolute atomic E-state index is 12.0. The highest BCUT2D eigenvalue weighted by atomic mass is 16.5. The second kappa shape index (κ2) is 4.72. The first-order valence-electron chi connectivity index (χ1n) is 6.25. The van der Waals surface area contributed by atoms with Crippen LogP contribution in [0.2, 0.25) is 0 Å². The van der Waals surface area contributed by atoms with Crippen molar-refractivity contribution in [3.63, 3.8) is 0 Å². The van der Waals surface area contributed by atoms with Crippen LogP contribution in [0.5, 0.6) is 0 Å². The zero-order valence-electron chi connectivity index (χ0n) is 10.3. The Labute approximate surface area is 97.3 Å². The molecule has 16 heavy (non-hydrogen) atoms. The Morgan fingerprint density at radius 2 is 2.12 bits per heavy atom. The molecule has 2 fully saturated rings. The molecule has 1 unspecified atom stereocenters. The van der Waals surface area contributed by atoms with Gasteiger partial charge in [-0.15, -0.1) is 0 Å². The van der Waals surface area contributed by atoms with Gasteiger partial charge in [0.2, 0.25) is 0 Å². The van der Waals surface area contributed by atoms with E-state index < -0.39 is 5.54 Å². The summed E-state index contributed by atoms with van der Waals surface area (Å²) in [6.07, 6.45) is 4.04. The first-order valence-corrected chi connectivity index (χ1v) is 6.25. The van der Waals surface area contributed by atoms with Crippen molar-refractivity contribution < 1.29 is 9.53 Å². The van der Waals surface area contributed by atoms with Gasteiger partial charge in [0, 0.05) is 13.1 Å². The van der Waals surface area contributed by atoms with Crippen LogP contribution in [0.25, 0.3) is 0 Å². The van der Waals surface area contributed by atoms with E-state index in [1.54, 1.807) is 0 Å². The van der Waals surface area contributed by atoms with Crippen molar-refractivity contribution in [2.75, 3.05) is 26.7 Å². The van der Waals surface area contributed by atoms with Crippen LogP contribution < -0.4 is 5.32 Å². The molecule has 0 bridgehead atoms. The van der Waals surface area contributed by atoms with E-state index >= 15 is 0 Å². The Hall–Kier alpha value is -0.610. The Balaban J connectivity index is 1.83. The molecule has 0 radical (unpaired) electrons. The number of hydrogen-bond acceptors (Lipinski definition) is 4. The molecule has 4 heteroatoms. The molecule has 0 aromatic heterocycles. The number of nitrogens with zero attached hydrogens (tertiary/aromatic N) is 1. The third-order valence-corrected chi connectivity index (χ3v) is 3.76. The number of hydrogen-bond donors (Lipinski definition) is 1. The Bertz CT molecular complexity index is 254. The summed E-state index contributed by atoms with van der Waals surface area (Å²) in [5, 5.41) is 3.25. The van der Waals surface area contributed by atoms with Gasteiger partial charge in [0.25, 0.3) is 0 Å². The van der Waals surface area contributed by atoms with Crippen LogP contribution in [-0.4, -0.2) is 49.2 Å². The molecule has 0 amide bonds. The van der Waals surface area contributed by atoms with Gasteiger partial charge in [0.05, 0.1) is 0 Å². The third-order valence-electron chi connectivity index (χ3n) is 3.76. The summed E-state index contributed by atoms with van der Waals surface area (Å²) in [4.78, 5) is 14.3. The lowest BCUT2D eigenvalue weighted by molar-refractivity contribution is -0.158. The normalized spacial score (nSPS) is 32.9. The lowest BCUT2D eigenvalue weighted by Crippen LogP contribution is -2.48. The van der Waals surface area contributed by atoms with E-state index in [9.17, 15) is 4.79 Å². The molecule has 1 N–H and O–H groups in total. The predicted octanol–water partition coefficient (Wildman–Crippen LogP) is 0.766. The first kappa shape index (κ1) is 11.9. The highest BCUT2D eigenvalue weighted by Gasteiger charge is 2.38. The highest BCUT2D eigenvalue weighted by molar-refractivity contribution is 5.80. The molecule has 2 heterocycles. The van der Waals surface area contributed by atoms with E-state index in [1.807, 2.05) is 6.92 Å². The first-order chi connectivity index (χ1) is 7.60. The molecule has 0 saturated carbocycles. The smallest absolute Gasteiger partial charge is 0.326 e. The van der Waals surface area contributed by atoms with E-state index in [1.165, 1.54) is 0 Å².